The van der Waals surface area contributed by atoms with E-state index < -0.39 is 0 Å². The highest BCUT2D eigenvalue weighted by molar-refractivity contribution is 5.79. The summed E-state index contributed by atoms with van der Waals surface area (Å²) in [5.74, 6) is 1.24. The van der Waals surface area contributed by atoms with Crippen LogP contribution in [-0.2, 0) is 13.5 Å². The predicted molar refractivity (Wildman–Crippen MR) is 94.3 cm³/mol. The van der Waals surface area contributed by atoms with Crippen molar-refractivity contribution in [2.75, 3.05) is 6.61 Å². The summed E-state index contributed by atoms with van der Waals surface area (Å²) in [6.45, 7) is 4.77. The van der Waals surface area contributed by atoms with Gasteiger partial charge in [-0.1, -0.05) is 32.4 Å². The van der Waals surface area contributed by atoms with Crippen LogP contribution >= 0.6 is 0 Å². The van der Waals surface area contributed by atoms with Crippen LogP contribution in [0.2, 0.25) is 0 Å². The molecular weight excluding hydrogens is 304 g/mol. The molecule has 0 bridgehead atoms. The van der Waals surface area contributed by atoms with Crippen molar-refractivity contribution >= 4 is 11.0 Å². The second-order valence-corrected chi connectivity index (χ2v) is 5.78. The van der Waals surface area contributed by atoms with Gasteiger partial charge >= 0.3 is 0 Å². The third-order valence-corrected chi connectivity index (χ3v) is 3.85. The first kappa shape index (κ1) is 16.2. The third kappa shape index (κ3) is 2.91. The number of aromatic nitrogens is 4. The average Bonchev–Trinajstić information content (AvgIpc) is 2.90. The third-order valence-electron chi connectivity index (χ3n) is 3.85. The number of aromatic amines is 1. The van der Waals surface area contributed by atoms with Crippen LogP contribution in [0.25, 0.3) is 22.4 Å². The maximum atomic E-state index is 12.5. The minimum absolute atomic E-state index is 0.183. The number of nitrogens with zero attached hydrogens (tertiary/aromatic N) is 3. The summed E-state index contributed by atoms with van der Waals surface area (Å²) in [6, 6.07) is 7.63. The number of H-pyrrole nitrogens is 1. The van der Waals surface area contributed by atoms with Crippen LogP contribution in [0.15, 0.2) is 29.1 Å². The normalized spacial score (nSPS) is 11.1. The molecule has 0 unspecified atom stereocenters. The van der Waals surface area contributed by atoms with Crippen molar-refractivity contribution in [3.63, 3.8) is 0 Å². The molecule has 0 spiro atoms. The van der Waals surface area contributed by atoms with Gasteiger partial charge in [0.1, 0.15) is 17.1 Å². The van der Waals surface area contributed by atoms with Crippen molar-refractivity contribution in [3.05, 3.63) is 40.3 Å². The topological polar surface area (TPSA) is 72.8 Å². The lowest BCUT2D eigenvalue weighted by atomic mass is 10.1. The summed E-state index contributed by atoms with van der Waals surface area (Å²) in [6.07, 6.45) is 2.66. The lowest BCUT2D eigenvalue weighted by Gasteiger charge is -2.10. The van der Waals surface area contributed by atoms with E-state index in [1.54, 1.807) is 11.7 Å². The van der Waals surface area contributed by atoms with E-state index in [1.165, 1.54) is 0 Å². The van der Waals surface area contributed by atoms with Crippen LogP contribution in [-0.4, -0.2) is 26.4 Å². The van der Waals surface area contributed by atoms with Crippen LogP contribution in [0.5, 0.6) is 5.75 Å². The lowest BCUT2D eigenvalue weighted by molar-refractivity contribution is 0.318. The highest BCUT2D eigenvalue weighted by Crippen LogP contribution is 2.28. The van der Waals surface area contributed by atoms with Crippen molar-refractivity contribution in [3.8, 4) is 17.1 Å². The van der Waals surface area contributed by atoms with Gasteiger partial charge in [0.15, 0.2) is 5.52 Å². The van der Waals surface area contributed by atoms with E-state index in [2.05, 4.69) is 23.9 Å². The highest BCUT2D eigenvalue weighted by Gasteiger charge is 2.16. The molecule has 1 aromatic carbocycles. The second-order valence-electron chi connectivity index (χ2n) is 5.78. The standard InChI is InChI=1S/C18H22N4O2/c1-4-8-13-15-16(22(3)21-13)18(23)20-17(19-15)12-9-6-7-10-14(12)24-11-5-2/h6-7,9-10H,4-5,8,11H2,1-3H3,(H,19,20,23). The molecule has 0 atom stereocenters. The van der Waals surface area contributed by atoms with E-state index >= 15 is 0 Å². The fraction of sp³-hybridized carbons (Fsp3) is 0.389. The molecule has 0 aliphatic rings. The Kier molecular flexibility index (Phi) is 4.64. The Balaban J connectivity index is 2.18. The van der Waals surface area contributed by atoms with Crippen LogP contribution < -0.4 is 10.3 Å². The van der Waals surface area contributed by atoms with Crippen molar-refractivity contribution in [1.29, 1.82) is 0 Å². The fourth-order valence-electron chi connectivity index (χ4n) is 2.78. The molecule has 0 saturated carbocycles. The number of rotatable bonds is 6. The Morgan fingerprint density at radius 3 is 2.75 bits per heavy atom. The Hall–Kier alpha value is -2.63. The zero-order valence-corrected chi connectivity index (χ0v) is 14.3. The molecule has 0 radical (unpaired) electrons. The molecule has 0 aliphatic heterocycles. The average molecular weight is 326 g/mol. The van der Waals surface area contributed by atoms with Gasteiger partial charge in [-0.25, -0.2) is 4.98 Å². The van der Waals surface area contributed by atoms with Crippen LogP contribution in [0, 0.1) is 0 Å². The number of nitrogens with one attached hydrogen (secondary N) is 1. The quantitative estimate of drug-likeness (QED) is 0.755. The Labute approximate surface area is 140 Å². The predicted octanol–water partition coefficient (Wildman–Crippen LogP) is 3.06. The van der Waals surface area contributed by atoms with E-state index in [9.17, 15) is 4.79 Å². The molecule has 24 heavy (non-hydrogen) atoms. The number of hydrogen-bond acceptors (Lipinski definition) is 4. The molecule has 2 aromatic heterocycles. The fourth-order valence-corrected chi connectivity index (χ4v) is 2.78. The summed E-state index contributed by atoms with van der Waals surface area (Å²) in [5.41, 5.74) is 2.64. The molecule has 0 saturated heterocycles. The van der Waals surface area contributed by atoms with Crippen molar-refractivity contribution in [2.24, 2.45) is 7.05 Å². The first-order valence-corrected chi connectivity index (χ1v) is 8.33. The molecular formula is C18H22N4O2. The maximum absolute atomic E-state index is 12.5. The number of para-hydroxylation sites is 1. The molecule has 0 fully saturated rings. The zero-order chi connectivity index (χ0) is 17.1. The maximum Gasteiger partial charge on any atom is 0.277 e. The van der Waals surface area contributed by atoms with Gasteiger partial charge in [-0.3, -0.25) is 9.48 Å². The van der Waals surface area contributed by atoms with E-state index in [4.69, 9.17) is 9.72 Å². The highest BCUT2D eigenvalue weighted by atomic mass is 16.5. The summed E-state index contributed by atoms with van der Waals surface area (Å²) >= 11 is 0. The van der Waals surface area contributed by atoms with Crippen LogP contribution in [0.1, 0.15) is 32.4 Å². The van der Waals surface area contributed by atoms with E-state index in [0.717, 1.165) is 36.3 Å². The largest absolute Gasteiger partial charge is 0.493 e. The number of ether oxygens (including phenoxy) is 1. The molecule has 0 aliphatic carbocycles. The minimum atomic E-state index is -0.183. The molecule has 126 valence electrons. The van der Waals surface area contributed by atoms with Gasteiger partial charge in [-0.15, -0.1) is 0 Å². The van der Waals surface area contributed by atoms with E-state index in [-0.39, 0.29) is 5.56 Å². The molecule has 3 rings (SSSR count). The first-order valence-electron chi connectivity index (χ1n) is 8.33. The van der Waals surface area contributed by atoms with Gasteiger partial charge in [0, 0.05) is 7.05 Å². The minimum Gasteiger partial charge on any atom is -0.493 e. The summed E-state index contributed by atoms with van der Waals surface area (Å²) in [4.78, 5) is 20.1. The first-order chi connectivity index (χ1) is 11.7. The Bertz CT molecular complexity index is 911. The van der Waals surface area contributed by atoms with Crippen LogP contribution in [0.4, 0.5) is 0 Å². The Morgan fingerprint density at radius 2 is 2.00 bits per heavy atom. The van der Waals surface area contributed by atoms with E-state index in [0.29, 0.717) is 23.5 Å². The summed E-state index contributed by atoms with van der Waals surface area (Å²) < 4.78 is 7.40. The van der Waals surface area contributed by atoms with Gasteiger partial charge in [0.2, 0.25) is 0 Å². The van der Waals surface area contributed by atoms with Crippen molar-refractivity contribution in [2.45, 2.75) is 33.1 Å². The Morgan fingerprint density at radius 1 is 1.21 bits per heavy atom. The molecule has 1 N–H and O–H groups in total. The molecule has 3 aromatic rings. The smallest absolute Gasteiger partial charge is 0.277 e. The van der Waals surface area contributed by atoms with Gasteiger partial charge in [0.25, 0.3) is 5.56 Å². The molecule has 6 heteroatoms. The second kappa shape index (κ2) is 6.86. The zero-order valence-electron chi connectivity index (χ0n) is 14.3. The molecule has 2 heterocycles. The van der Waals surface area contributed by atoms with Crippen molar-refractivity contribution < 1.29 is 4.74 Å². The van der Waals surface area contributed by atoms with Crippen LogP contribution in [0.3, 0.4) is 0 Å². The summed E-state index contributed by atoms with van der Waals surface area (Å²) in [7, 11) is 1.77. The van der Waals surface area contributed by atoms with Gasteiger partial charge in [0.05, 0.1) is 17.9 Å². The summed E-state index contributed by atoms with van der Waals surface area (Å²) in [5, 5.41) is 4.45. The molecule has 6 nitrogen and oxygen atoms in total. The number of benzene rings is 1. The number of aryl methyl sites for hydroxylation is 2. The number of fused-ring (bicyclic) bond motifs is 1. The van der Waals surface area contributed by atoms with Gasteiger partial charge in [-0.05, 0) is 25.0 Å². The SMILES string of the molecule is CCCOc1ccccc1-c1nc2c(CCC)nn(C)c2c(=O)[nH]1. The van der Waals surface area contributed by atoms with E-state index in [1.807, 2.05) is 24.3 Å². The van der Waals surface area contributed by atoms with Crippen molar-refractivity contribution in [1.82, 2.24) is 19.7 Å². The molecule has 0 amide bonds. The lowest BCUT2D eigenvalue weighted by Crippen LogP contribution is -2.12. The monoisotopic (exact) mass is 326 g/mol. The number of hydrogen-bond donors (Lipinski definition) is 1. The van der Waals surface area contributed by atoms with Gasteiger partial charge in [-0.2, -0.15) is 5.10 Å². The van der Waals surface area contributed by atoms with Gasteiger partial charge < -0.3 is 9.72 Å².